The number of pyridine rings is 2. The molecule has 1 atom stereocenters. The summed E-state index contributed by atoms with van der Waals surface area (Å²) in [5.74, 6) is -0.227. The summed E-state index contributed by atoms with van der Waals surface area (Å²) in [6, 6.07) is 6.80. The quantitative estimate of drug-likeness (QED) is 0.855. The Morgan fingerprint density at radius 1 is 1.35 bits per heavy atom. The molecule has 2 heterocycles. The van der Waals surface area contributed by atoms with Crippen LogP contribution in [-0.4, -0.2) is 15.5 Å². The molecule has 0 aliphatic heterocycles. The predicted molar refractivity (Wildman–Crippen MR) is 90.3 cm³/mol. The fourth-order valence-electron chi connectivity index (χ4n) is 2.46. The van der Waals surface area contributed by atoms with E-state index in [2.05, 4.69) is 17.2 Å². The summed E-state index contributed by atoms with van der Waals surface area (Å²) in [4.78, 5) is 28.5. The van der Waals surface area contributed by atoms with Gasteiger partial charge in [-0.2, -0.15) is 0 Å². The SMILES string of the molecule is CCCC[C@@H](NC(=O)c1ccn(CC)c(=O)c1)c1cccnc1. The number of nitrogens with zero attached hydrogens (tertiary/aromatic N) is 2. The molecule has 0 saturated heterocycles. The molecule has 0 fully saturated rings. The van der Waals surface area contributed by atoms with Crippen molar-refractivity contribution in [1.29, 1.82) is 0 Å². The van der Waals surface area contributed by atoms with Crippen LogP contribution in [0.4, 0.5) is 0 Å². The highest BCUT2D eigenvalue weighted by molar-refractivity contribution is 5.94. The third-order valence-electron chi connectivity index (χ3n) is 3.84. The number of nitrogens with one attached hydrogen (secondary N) is 1. The van der Waals surface area contributed by atoms with Crippen molar-refractivity contribution in [3.63, 3.8) is 0 Å². The molecule has 0 aliphatic carbocycles. The van der Waals surface area contributed by atoms with E-state index in [0.717, 1.165) is 24.8 Å². The average molecular weight is 313 g/mol. The van der Waals surface area contributed by atoms with Gasteiger partial charge in [0.05, 0.1) is 6.04 Å². The lowest BCUT2D eigenvalue weighted by molar-refractivity contribution is 0.0933. The molecule has 0 aromatic carbocycles. The van der Waals surface area contributed by atoms with Crippen LogP contribution in [0.1, 0.15) is 55.1 Å². The largest absolute Gasteiger partial charge is 0.345 e. The molecule has 0 unspecified atom stereocenters. The predicted octanol–water partition coefficient (Wildman–Crippen LogP) is 2.92. The Kier molecular flexibility index (Phi) is 6.09. The summed E-state index contributed by atoms with van der Waals surface area (Å²) in [6.45, 7) is 4.60. The first kappa shape index (κ1) is 16.9. The van der Waals surface area contributed by atoms with Gasteiger partial charge in [0.1, 0.15) is 0 Å². The van der Waals surface area contributed by atoms with Crippen molar-refractivity contribution in [1.82, 2.24) is 14.9 Å². The van der Waals surface area contributed by atoms with Crippen molar-refractivity contribution in [3.8, 4) is 0 Å². The van der Waals surface area contributed by atoms with E-state index in [1.807, 2.05) is 19.1 Å². The lowest BCUT2D eigenvalue weighted by Crippen LogP contribution is -2.30. The molecular weight excluding hydrogens is 290 g/mol. The fraction of sp³-hybridized carbons (Fsp3) is 0.389. The topological polar surface area (TPSA) is 64.0 Å². The van der Waals surface area contributed by atoms with Crippen molar-refractivity contribution >= 4 is 5.91 Å². The van der Waals surface area contributed by atoms with E-state index in [1.54, 1.807) is 29.2 Å². The lowest BCUT2D eigenvalue weighted by atomic mass is 10.0. The molecule has 0 spiro atoms. The number of carbonyl (C=O) groups is 1. The molecule has 0 radical (unpaired) electrons. The van der Waals surface area contributed by atoms with E-state index in [0.29, 0.717) is 12.1 Å². The number of hydrogen-bond donors (Lipinski definition) is 1. The second kappa shape index (κ2) is 8.27. The third-order valence-corrected chi connectivity index (χ3v) is 3.84. The molecule has 1 amide bonds. The van der Waals surface area contributed by atoms with Gasteiger partial charge in [-0.15, -0.1) is 0 Å². The van der Waals surface area contributed by atoms with Crippen molar-refractivity contribution in [3.05, 3.63) is 64.3 Å². The van der Waals surface area contributed by atoms with Crippen LogP contribution >= 0.6 is 0 Å². The Bertz CT molecular complexity index is 695. The third kappa shape index (κ3) is 4.52. The second-order valence-electron chi connectivity index (χ2n) is 5.49. The first-order valence-corrected chi connectivity index (χ1v) is 8.07. The van der Waals surface area contributed by atoms with Crippen LogP contribution in [0.3, 0.4) is 0 Å². The smallest absolute Gasteiger partial charge is 0.252 e. The van der Waals surface area contributed by atoms with Crippen molar-refractivity contribution in [2.75, 3.05) is 0 Å². The molecule has 2 aromatic heterocycles. The van der Waals surface area contributed by atoms with Gasteiger partial charge in [-0.1, -0.05) is 25.8 Å². The summed E-state index contributed by atoms with van der Waals surface area (Å²) >= 11 is 0. The Labute approximate surface area is 136 Å². The van der Waals surface area contributed by atoms with Gasteiger partial charge in [0.15, 0.2) is 0 Å². The van der Waals surface area contributed by atoms with E-state index in [1.165, 1.54) is 6.07 Å². The molecule has 23 heavy (non-hydrogen) atoms. The maximum absolute atomic E-state index is 12.5. The van der Waals surface area contributed by atoms with Gasteiger partial charge in [-0.3, -0.25) is 14.6 Å². The number of amides is 1. The molecule has 2 rings (SSSR count). The summed E-state index contributed by atoms with van der Waals surface area (Å²) in [7, 11) is 0. The maximum Gasteiger partial charge on any atom is 0.252 e. The zero-order chi connectivity index (χ0) is 16.7. The molecule has 0 bridgehead atoms. The molecule has 122 valence electrons. The molecule has 0 aliphatic rings. The standard InChI is InChI=1S/C18H23N3O2/c1-3-5-8-16(15-7-6-10-19-13-15)20-18(23)14-9-11-21(4-2)17(22)12-14/h6-7,9-13,16H,3-5,8H2,1-2H3,(H,20,23)/t16-/m1/s1. The molecule has 1 N–H and O–H groups in total. The molecule has 2 aromatic rings. The van der Waals surface area contributed by atoms with Crippen molar-refractivity contribution in [2.24, 2.45) is 0 Å². The molecule has 5 nitrogen and oxygen atoms in total. The van der Waals surface area contributed by atoms with Crippen molar-refractivity contribution < 1.29 is 4.79 Å². The summed E-state index contributed by atoms with van der Waals surface area (Å²) in [6.07, 6.45) is 8.06. The Balaban J connectivity index is 2.17. The molecule has 5 heteroatoms. The molecular formula is C18H23N3O2. The normalized spacial score (nSPS) is 11.9. The van der Waals surface area contributed by atoms with E-state index in [9.17, 15) is 9.59 Å². The van der Waals surface area contributed by atoms with Gasteiger partial charge in [0.2, 0.25) is 0 Å². The van der Waals surface area contributed by atoms with Crippen LogP contribution in [-0.2, 0) is 6.54 Å². The van der Waals surface area contributed by atoms with Gasteiger partial charge in [-0.25, -0.2) is 0 Å². The number of unbranched alkanes of at least 4 members (excludes halogenated alkanes) is 1. The van der Waals surface area contributed by atoms with Crippen LogP contribution in [0, 0.1) is 0 Å². The zero-order valence-electron chi connectivity index (χ0n) is 13.7. The van der Waals surface area contributed by atoms with Gasteiger partial charge < -0.3 is 9.88 Å². The minimum absolute atomic E-state index is 0.0928. The fourth-order valence-corrected chi connectivity index (χ4v) is 2.46. The van der Waals surface area contributed by atoms with Crippen LogP contribution < -0.4 is 10.9 Å². The number of carbonyl (C=O) groups excluding carboxylic acids is 1. The van der Waals surface area contributed by atoms with Crippen LogP contribution in [0.5, 0.6) is 0 Å². The Morgan fingerprint density at radius 2 is 2.17 bits per heavy atom. The Hall–Kier alpha value is -2.43. The number of hydrogen-bond acceptors (Lipinski definition) is 3. The second-order valence-corrected chi connectivity index (χ2v) is 5.49. The van der Waals surface area contributed by atoms with E-state index < -0.39 is 0 Å². The first-order chi connectivity index (χ1) is 11.2. The minimum atomic E-state index is -0.227. The van der Waals surface area contributed by atoms with E-state index in [-0.39, 0.29) is 17.5 Å². The number of aryl methyl sites for hydroxylation is 1. The van der Waals surface area contributed by atoms with Crippen molar-refractivity contribution in [2.45, 2.75) is 45.7 Å². The highest BCUT2D eigenvalue weighted by atomic mass is 16.2. The van der Waals surface area contributed by atoms with Gasteiger partial charge in [0, 0.05) is 36.8 Å². The lowest BCUT2D eigenvalue weighted by Gasteiger charge is -2.19. The monoisotopic (exact) mass is 313 g/mol. The Morgan fingerprint density at radius 3 is 2.78 bits per heavy atom. The van der Waals surface area contributed by atoms with Crippen LogP contribution in [0.15, 0.2) is 47.7 Å². The zero-order valence-corrected chi connectivity index (χ0v) is 13.7. The summed E-state index contributed by atoms with van der Waals surface area (Å²) in [5.41, 5.74) is 1.22. The highest BCUT2D eigenvalue weighted by Crippen LogP contribution is 2.19. The van der Waals surface area contributed by atoms with Gasteiger partial charge in [0.25, 0.3) is 11.5 Å². The van der Waals surface area contributed by atoms with Crippen LogP contribution in [0.2, 0.25) is 0 Å². The minimum Gasteiger partial charge on any atom is -0.345 e. The van der Waals surface area contributed by atoms with Gasteiger partial charge in [-0.05, 0) is 31.0 Å². The van der Waals surface area contributed by atoms with E-state index >= 15 is 0 Å². The van der Waals surface area contributed by atoms with Crippen LogP contribution in [0.25, 0.3) is 0 Å². The summed E-state index contributed by atoms with van der Waals surface area (Å²) < 4.78 is 1.56. The van der Waals surface area contributed by atoms with E-state index in [4.69, 9.17) is 0 Å². The average Bonchev–Trinajstić information content (AvgIpc) is 2.59. The number of aromatic nitrogens is 2. The molecule has 0 saturated carbocycles. The van der Waals surface area contributed by atoms with Gasteiger partial charge >= 0.3 is 0 Å². The summed E-state index contributed by atoms with van der Waals surface area (Å²) in [5, 5.41) is 3.02. The maximum atomic E-state index is 12.5. The first-order valence-electron chi connectivity index (χ1n) is 8.07. The number of rotatable bonds is 7. The highest BCUT2D eigenvalue weighted by Gasteiger charge is 2.16.